The van der Waals surface area contributed by atoms with Crippen LogP contribution in [0.25, 0.3) is 0 Å². The van der Waals surface area contributed by atoms with Gasteiger partial charge in [-0.2, -0.15) is 0 Å². The number of aryl methyl sites for hydroxylation is 2. The summed E-state index contributed by atoms with van der Waals surface area (Å²) in [6, 6.07) is 0.824. The van der Waals surface area contributed by atoms with Crippen LogP contribution in [-0.4, -0.2) is 24.0 Å². The third kappa shape index (κ3) is 2.98. The van der Waals surface area contributed by atoms with Gasteiger partial charge >= 0.3 is 0 Å². The van der Waals surface area contributed by atoms with Crippen LogP contribution in [0.4, 0.5) is 13.2 Å². The van der Waals surface area contributed by atoms with Crippen LogP contribution in [0.3, 0.4) is 0 Å². The predicted octanol–water partition coefficient (Wildman–Crippen LogP) is 1.90. The highest BCUT2D eigenvalue weighted by atomic mass is 32.2. The van der Waals surface area contributed by atoms with E-state index in [1.54, 1.807) is 6.20 Å². The van der Waals surface area contributed by atoms with Gasteiger partial charge in [0.1, 0.15) is 10.7 Å². The molecular formula is C14H14F3N3O2S. The average molecular weight is 345 g/mol. The Bertz CT molecular complexity index is 864. The first-order chi connectivity index (χ1) is 10.8. The normalized spacial score (nSPS) is 18.0. The molecule has 0 saturated heterocycles. The number of nitrogens with zero attached hydrogens (tertiary/aromatic N) is 2. The fourth-order valence-electron chi connectivity index (χ4n) is 2.68. The van der Waals surface area contributed by atoms with E-state index in [0.717, 1.165) is 11.5 Å². The Hall–Kier alpha value is -1.87. The summed E-state index contributed by atoms with van der Waals surface area (Å²) in [5, 5.41) is 0. The first-order valence-electron chi connectivity index (χ1n) is 6.96. The lowest BCUT2D eigenvalue weighted by atomic mass is 10.1. The second-order valence-corrected chi connectivity index (χ2v) is 7.16. The molecule has 5 nitrogen and oxygen atoms in total. The molecule has 1 atom stereocenters. The minimum absolute atomic E-state index is 0.348. The van der Waals surface area contributed by atoms with Crippen molar-refractivity contribution in [1.82, 2.24) is 14.3 Å². The highest BCUT2D eigenvalue weighted by molar-refractivity contribution is 7.89. The molecule has 1 aliphatic rings. The smallest absolute Gasteiger partial charge is 0.243 e. The van der Waals surface area contributed by atoms with Crippen LogP contribution in [0.2, 0.25) is 0 Å². The zero-order chi connectivity index (χ0) is 16.8. The van der Waals surface area contributed by atoms with E-state index < -0.39 is 38.4 Å². The summed E-state index contributed by atoms with van der Waals surface area (Å²) in [5.41, 5.74) is 0.829. The summed E-state index contributed by atoms with van der Waals surface area (Å²) in [7, 11) is -4.29. The van der Waals surface area contributed by atoms with Crippen molar-refractivity contribution in [1.29, 1.82) is 0 Å². The Kier molecular flexibility index (Phi) is 3.93. The van der Waals surface area contributed by atoms with Crippen molar-refractivity contribution in [3.05, 3.63) is 47.3 Å². The maximum atomic E-state index is 13.7. The molecule has 2 aromatic rings. The van der Waals surface area contributed by atoms with Gasteiger partial charge in [-0.15, -0.1) is 0 Å². The average Bonchev–Trinajstić information content (AvgIpc) is 2.83. The molecule has 3 rings (SSSR count). The fraction of sp³-hybridized carbons (Fsp3) is 0.357. The number of halogens is 3. The molecule has 1 N–H and O–H groups in total. The van der Waals surface area contributed by atoms with Gasteiger partial charge in [-0.3, -0.25) is 0 Å². The largest absolute Gasteiger partial charge is 0.333 e. The van der Waals surface area contributed by atoms with E-state index in [2.05, 4.69) is 9.71 Å². The molecule has 0 radical (unpaired) electrons. The van der Waals surface area contributed by atoms with Crippen molar-refractivity contribution in [2.45, 2.75) is 37.2 Å². The molecule has 0 fully saturated rings. The topological polar surface area (TPSA) is 64.0 Å². The van der Waals surface area contributed by atoms with E-state index in [0.29, 0.717) is 31.5 Å². The summed E-state index contributed by atoms with van der Waals surface area (Å²) >= 11 is 0. The van der Waals surface area contributed by atoms with Crippen LogP contribution in [0.1, 0.15) is 17.9 Å². The van der Waals surface area contributed by atoms with Gasteiger partial charge < -0.3 is 4.57 Å². The zero-order valence-electron chi connectivity index (χ0n) is 12.2. The molecule has 1 aliphatic heterocycles. The van der Waals surface area contributed by atoms with Crippen molar-refractivity contribution in [3.63, 3.8) is 0 Å². The van der Waals surface area contributed by atoms with Gasteiger partial charge in [-0.1, -0.05) is 0 Å². The van der Waals surface area contributed by atoms with Crippen LogP contribution in [0.5, 0.6) is 0 Å². The van der Waals surface area contributed by atoms with Crippen LogP contribution in [0.15, 0.2) is 23.2 Å². The molecule has 9 heteroatoms. The first-order valence-corrected chi connectivity index (χ1v) is 8.45. The van der Waals surface area contributed by atoms with E-state index in [1.807, 2.05) is 11.5 Å². The number of nitrogens with one attached hydrogen (secondary N) is 1. The van der Waals surface area contributed by atoms with Gasteiger partial charge in [0.2, 0.25) is 10.0 Å². The van der Waals surface area contributed by atoms with E-state index in [-0.39, 0.29) is 0 Å². The molecule has 2 heterocycles. The SMILES string of the molecule is Cc1cn2c(n1)CC[C@@H](NS(=O)(=O)c1ccc(F)c(F)c1F)C2. The third-order valence-electron chi connectivity index (χ3n) is 3.72. The van der Waals surface area contributed by atoms with E-state index in [1.165, 1.54) is 0 Å². The number of hydrogen-bond acceptors (Lipinski definition) is 3. The molecule has 1 aromatic carbocycles. The van der Waals surface area contributed by atoms with Crippen LogP contribution in [0, 0.1) is 24.4 Å². The second kappa shape index (κ2) is 5.64. The van der Waals surface area contributed by atoms with Crippen molar-refractivity contribution >= 4 is 10.0 Å². The van der Waals surface area contributed by atoms with Gasteiger partial charge in [0.25, 0.3) is 0 Å². The number of fused-ring (bicyclic) bond motifs is 1. The minimum Gasteiger partial charge on any atom is -0.333 e. The maximum absolute atomic E-state index is 13.7. The number of hydrogen-bond donors (Lipinski definition) is 1. The minimum atomic E-state index is -4.29. The van der Waals surface area contributed by atoms with Gasteiger partial charge in [0.15, 0.2) is 17.5 Å². The van der Waals surface area contributed by atoms with Crippen molar-refractivity contribution in [2.75, 3.05) is 0 Å². The lowest BCUT2D eigenvalue weighted by Gasteiger charge is -2.24. The van der Waals surface area contributed by atoms with E-state index in [4.69, 9.17) is 0 Å². The first kappa shape index (κ1) is 16.0. The number of imidazole rings is 1. The quantitative estimate of drug-likeness (QED) is 0.865. The van der Waals surface area contributed by atoms with Crippen molar-refractivity contribution in [2.24, 2.45) is 0 Å². The Morgan fingerprint density at radius 2 is 2.00 bits per heavy atom. The Morgan fingerprint density at radius 3 is 2.74 bits per heavy atom. The predicted molar refractivity (Wildman–Crippen MR) is 75.7 cm³/mol. The molecule has 0 aliphatic carbocycles. The van der Waals surface area contributed by atoms with Crippen molar-refractivity contribution in [3.8, 4) is 0 Å². The second-order valence-electron chi connectivity index (χ2n) is 5.48. The standard InChI is InChI=1S/C14H14F3N3O2S/c1-8-6-20-7-9(2-5-12(20)18-8)19-23(21,22)11-4-3-10(15)13(16)14(11)17/h3-4,6,9,19H,2,5,7H2,1H3/t9-/m1/s1. The maximum Gasteiger partial charge on any atom is 0.243 e. The number of benzene rings is 1. The van der Waals surface area contributed by atoms with E-state index in [9.17, 15) is 21.6 Å². The molecule has 0 unspecified atom stereocenters. The Morgan fingerprint density at radius 1 is 1.26 bits per heavy atom. The monoisotopic (exact) mass is 345 g/mol. The molecule has 0 bridgehead atoms. The Labute approximate surface area is 131 Å². The third-order valence-corrected chi connectivity index (χ3v) is 5.26. The van der Waals surface area contributed by atoms with Gasteiger partial charge in [-0.05, 0) is 25.5 Å². The molecule has 0 spiro atoms. The molecule has 23 heavy (non-hydrogen) atoms. The summed E-state index contributed by atoms with van der Waals surface area (Å²) in [6.07, 6.45) is 2.86. The molecule has 0 saturated carbocycles. The molecular weight excluding hydrogens is 331 g/mol. The highest BCUT2D eigenvalue weighted by Gasteiger charge is 2.28. The Balaban J connectivity index is 1.84. The zero-order valence-corrected chi connectivity index (χ0v) is 13.0. The van der Waals surface area contributed by atoms with Gasteiger partial charge in [-0.25, -0.2) is 31.3 Å². The summed E-state index contributed by atoms with van der Waals surface area (Å²) < 4.78 is 68.5. The summed E-state index contributed by atoms with van der Waals surface area (Å²) in [4.78, 5) is 3.41. The van der Waals surface area contributed by atoms with Gasteiger partial charge in [0.05, 0.1) is 5.69 Å². The number of sulfonamides is 1. The number of rotatable bonds is 3. The lowest BCUT2D eigenvalue weighted by molar-refractivity contribution is 0.414. The molecule has 1 aromatic heterocycles. The van der Waals surface area contributed by atoms with E-state index >= 15 is 0 Å². The van der Waals surface area contributed by atoms with Gasteiger partial charge in [0, 0.05) is 25.2 Å². The summed E-state index contributed by atoms with van der Waals surface area (Å²) in [5.74, 6) is -4.09. The number of aromatic nitrogens is 2. The highest BCUT2D eigenvalue weighted by Crippen LogP contribution is 2.22. The lowest BCUT2D eigenvalue weighted by Crippen LogP contribution is -2.41. The molecule has 124 valence electrons. The van der Waals surface area contributed by atoms with Crippen molar-refractivity contribution < 1.29 is 21.6 Å². The van der Waals surface area contributed by atoms with Crippen LogP contribution < -0.4 is 4.72 Å². The molecule has 0 amide bonds. The fourth-order valence-corrected chi connectivity index (χ4v) is 4.01. The van der Waals surface area contributed by atoms with Crippen LogP contribution >= 0.6 is 0 Å². The summed E-state index contributed by atoms with van der Waals surface area (Å²) in [6.45, 7) is 2.18. The van der Waals surface area contributed by atoms with Crippen LogP contribution in [-0.2, 0) is 23.0 Å².